The molecular weight excluding hydrogens is 989 g/mol. The average molecular weight is 1010 g/mol. The van der Waals surface area contributed by atoms with Crippen molar-refractivity contribution in [1.82, 2.24) is 10.6 Å². The van der Waals surface area contributed by atoms with Gasteiger partial charge in [-0.3, -0.25) is 0 Å². The van der Waals surface area contributed by atoms with E-state index in [-0.39, 0.29) is 19.8 Å². The topological polar surface area (TPSA) is 219 Å². The number of ether oxygens (including phenoxy) is 10. The minimum Gasteiger partial charge on any atom is -0.432 e. The molecule has 68 heavy (non-hydrogen) atoms. The van der Waals surface area contributed by atoms with Crippen LogP contribution < -0.4 is 24.8 Å². The van der Waals surface area contributed by atoms with Gasteiger partial charge in [-0.2, -0.15) is 26.3 Å². The molecule has 2 atom stereocenters. The molecule has 2 unspecified atom stereocenters. The molecule has 33 heteroatoms. The number of carbonyl (C=O) groups is 6. The van der Waals surface area contributed by atoms with Gasteiger partial charge < -0.3 is 58.0 Å². The second-order valence-electron chi connectivity index (χ2n) is 13.1. The molecule has 0 aliphatic carbocycles. The van der Waals surface area contributed by atoms with Crippen molar-refractivity contribution in [2.75, 3.05) is 33.0 Å². The van der Waals surface area contributed by atoms with Crippen molar-refractivity contribution < 1.29 is 142 Å². The highest BCUT2D eigenvalue weighted by atomic mass is 19.2. The van der Waals surface area contributed by atoms with Crippen molar-refractivity contribution in [3.8, 4) is 17.2 Å². The lowest BCUT2D eigenvalue weighted by Crippen LogP contribution is -2.51. The van der Waals surface area contributed by atoms with E-state index in [0.717, 1.165) is 0 Å². The van der Waals surface area contributed by atoms with Crippen LogP contribution in [0, 0.1) is 87.3 Å². The molecule has 3 fully saturated rings. The van der Waals surface area contributed by atoms with Crippen LogP contribution in [-0.2, 0) is 33.2 Å². The van der Waals surface area contributed by atoms with E-state index in [1.54, 1.807) is 0 Å². The van der Waals surface area contributed by atoms with Crippen molar-refractivity contribution in [2.45, 2.75) is 37.6 Å². The summed E-state index contributed by atoms with van der Waals surface area (Å²) in [5.41, 5.74) is -1.56. The molecule has 0 aromatic heterocycles. The first-order valence-corrected chi connectivity index (χ1v) is 17.5. The number of hydrogen-bond acceptors (Lipinski definition) is 16. The summed E-state index contributed by atoms with van der Waals surface area (Å²) in [6.07, 6.45) is -8.67. The third-order valence-electron chi connectivity index (χ3n) is 8.06. The summed E-state index contributed by atoms with van der Waals surface area (Å²) in [5.74, 6) is -39.9. The number of carbonyl (C=O) groups excluding carboxylic acids is 6. The molecule has 372 valence electrons. The summed E-state index contributed by atoms with van der Waals surface area (Å²) in [4.78, 5) is 66.4. The highest BCUT2D eigenvalue weighted by Gasteiger charge is 2.39. The Morgan fingerprint density at radius 1 is 0.471 bits per heavy atom. The largest absolute Gasteiger partial charge is 0.514 e. The Hall–Kier alpha value is -7.77. The SMILES string of the molecule is CC1(OC(=O)Oc2c(F)c(F)c(F)c(F)c2F)COC(=O)OC1.CC1OC(=O)OCC1NC(=O)Oc1c(F)c(F)c(F)c(F)c1F.O=C(NC1COC(=O)OC1)Oc1c(F)c(F)c(F)c(F)c1F. The predicted molar refractivity (Wildman–Crippen MR) is 177 cm³/mol. The van der Waals surface area contributed by atoms with Crippen LogP contribution in [-0.4, -0.2) is 93.6 Å². The predicted octanol–water partition coefficient (Wildman–Crippen LogP) is 7.22. The Bertz CT molecular complexity index is 2410. The second-order valence-corrected chi connectivity index (χ2v) is 13.1. The van der Waals surface area contributed by atoms with E-state index in [4.69, 9.17) is 0 Å². The number of benzene rings is 3. The molecule has 3 aliphatic rings. The van der Waals surface area contributed by atoms with Gasteiger partial charge in [0.1, 0.15) is 51.2 Å². The molecular formula is C35H21F15N2O16. The normalized spacial score (nSPS) is 17.3. The third-order valence-corrected chi connectivity index (χ3v) is 8.06. The fourth-order valence-electron chi connectivity index (χ4n) is 4.69. The first kappa shape index (κ1) is 52.9. The van der Waals surface area contributed by atoms with Crippen molar-refractivity contribution in [3.05, 3.63) is 87.3 Å². The number of rotatable bonds is 6. The van der Waals surface area contributed by atoms with Gasteiger partial charge in [-0.15, -0.1) is 0 Å². The molecule has 3 aliphatic heterocycles. The van der Waals surface area contributed by atoms with Gasteiger partial charge in [0.15, 0.2) is 5.60 Å². The fraction of sp³-hybridized carbons (Fsp3) is 0.314. The Morgan fingerprint density at radius 3 is 1.18 bits per heavy atom. The first-order chi connectivity index (χ1) is 31.7. The van der Waals surface area contributed by atoms with Crippen LogP contribution in [0.15, 0.2) is 0 Å². The highest BCUT2D eigenvalue weighted by molar-refractivity contribution is 5.72. The molecule has 18 nitrogen and oxygen atoms in total. The Kier molecular flexibility index (Phi) is 16.9. The van der Waals surface area contributed by atoms with Gasteiger partial charge in [-0.1, -0.05) is 0 Å². The van der Waals surface area contributed by atoms with Gasteiger partial charge in [0.2, 0.25) is 105 Å². The number of halogens is 15. The van der Waals surface area contributed by atoms with Crippen molar-refractivity contribution in [3.63, 3.8) is 0 Å². The molecule has 0 bridgehead atoms. The van der Waals surface area contributed by atoms with Crippen molar-refractivity contribution in [1.29, 1.82) is 0 Å². The van der Waals surface area contributed by atoms with Gasteiger partial charge in [0.25, 0.3) is 0 Å². The van der Waals surface area contributed by atoms with E-state index < -0.39 is 178 Å². The maximum Gasteiger partial charge on any atom is 0.514 e. The summed E-state index contributed by atoms with van der Waals surface area (Å²) in [7, 11) is 0. The van der Waals surface area contributed by atoms with Crippen LogP contribution in [0.2, 0.25) is 0 Å². The standard InChI is InChI=1S/C12H8F5NO5.C12H7F5O6.C11H6F5NO5/c1-3-4(2-21-12(20)22-3)18-11(19)23-10-8(16)6(14)5(13)7(15)9(10)17;1-12(2-20-10(18)21-3-12)23-11(19)22-9-7(16)5(14)4(13)6(15)8(9)17;12-4-5(13)7(15)9(8(16)6(4)14)22-10(18)17-3-1-20-11(19)21-2-3/h3-4H,2H2,1H3,(H,18,19);2-3H2,1H3;3H,1-2H2,(H,17,18). The maximum atomic E-state index is 13.3. The Morgan fingerprint density at radius 2 is 0.794 bits per heavy atom. The zero-order chi connectivity index (χ0) is 51.1. The zero-order valence-electron chi connectivity index (χ0n) is 33.0. The maximum absolute atomic E-state index is 13.3. The van der Waals surface area contributed by atoms with Crippen LogP contribution in [0.5, 0.6) is 17.2 Å². The summed E-state index contributed by atoms with van der Waals surface area (Å²) < 4.78 is 240. The average Bonchev–Trinajstić information content (AvgIpc) is 3.30. The van der Waals surface area contributed by atoms with Crippen molar-refractivity contribution in [2.24, 2.45) is 0 Å². The monoisotopic (exact) mass is 1010 g/mol. The lowest BCUT2D eigenvalue weighted by Gasteiger charge is -2.30. The highest BCUT2D eigenvalue weighted by Crippen LogP contribution is 2.32. The van der Waals surface area contributed by atoms with E-state index in [0.29, 0.717) is 0 Å². The van der Waals surface area contributed by atoms with Crippen molar-refractivity contribution >= 4 is 36.8 Å². The number of amides is 2. The molecule has 2 N–H and O–H groups in total. The molecule has 0 radical (unpaired) electrons. The molecule has 6 rings (SSSR count). The van der Waals surface area contributed by atoms with Crippen LogP contribution in [0.25, 0.3) is 0 Å². The first-order valence-electron chi connectivity index (χ1n) is 17.5. The van der Waals surface area contributed by atoms with E-state index in [1.165, 1.54) is 13.8 Å². The molecule has 3 aromatic rings. The van der Waals surface area contributed by atoms with Crippen LogP contribution >= 0.6 is 0 Å². The summed E-state index contributed by atoms with van der Waals surface area (Å²) in [6, 6.07) is -1.85. The number of cyclic esters (lactones) is 6. The van der Waals surface area contributed by atoms with Crippen LogP contribution in [0.1, 0.15) is 13.8 Å². The van der Waals surface area contributed by atoms with E-state index in [1.807, 2.05) is 10.6 Å². The molecule has 3 heterocycles. The van der Waals surface area contributed by atoms with E-state index >= 15 is 0 Å². The van der Waals surface area contributed by atoms with Crippen LogP contribution in [0.3, 0.4) is 0 Å². The van der Waals surface area contributed by atoms with Crippen LogP contribution in [0.4, 0.5) is 94.6 Å². The van der Waals surface area contributed by atoms with Gasteiger partial charge in [-0.05, 0) is 13.8 Å². The number of hydrogen-bond donors (Lipinski definition) is 2. The zero-order valence-corrected chi connectivity index (χ0v) is 33.0. The third kappa shape index (κ3) is 12.4. The van der Waals surface area contributed by atoms with E-state index in [9.17, 15) is 94.6 Å². The quantitative estimate of drug-likeness (QED) is 0.0622. The molecule has 3 aromatic carbocycles. The summed E-state index contributed by atoms with van der Waals surface area (Å²) >= 11 is 0. The molecule has 2 amide bonds. The lowest BCUT2D eigenvalue weighted by molar-refractivity contribution is -0.119. The van der Waals surface area contributed by atoms with Gasteiger partial charge in [-0.25, -0.2) is 68.3 Å². The Labute approximate surface area is 364 Å². The van der Waals surface area contributed by atoms with Gasteiger partial charge in [0.05, 0.1) is 0 Å². The molecule has 3 saturated heterocycles. The smallest absolute Gasteiger partial charge is 0.432 e. The second kappa shape index (κ2) is 21.7. The minimum atomic E-state index is -2.40. The number of nitrogens with one attached hydrogen (secondary N) is 2. The summed E-state index contributed by atoms with van der Waals surface area (Å²) in [6.45, 7) is 0.724. The van der Waals surface area contributed by atoms with Gasteiger partial charge >= 0.3 is 36.8 Å². The van der Waals surface area contributed by atoms with E-state index in [2.05, 4.69) is 47.4 Å². The fourth-order valence-corrected chi connectivity index (χ4v) is 4.69. The molecule has 0 saturated carbocycles. The Balaban J connectivity index is 0.000000222. The molecule has 0 spiro atoms. The van der Waals surface area contributed by atoms with Gasteiger partial charge in [0, 0.05) is 0 Å². The summed E-state index contributed by atoms with van der Waals surface area (Å²) in [5, 5.41) is 3.97. The lowest BCUT2D eigenvalue weighted by atomic mass is 10.1. The minimum absolute atomic E-state index is 0.314.